The lowest BCUT2D eigenvalue weighted by molar-refractivity contribution is -0.142. The van der Waals surface area contributed by atoms with Crippen molar-refractivity contribution < 1.29 is 19.5 Å². The maximum absolute atomic E-state index is 12.5. The highest BCUT2D eigenvalue weighted by Crippen LogP contribution is 2.09. The molecule has 1 aliphatic rings. The van der Waals surface area contributed by atoms with Gasteiger partial charge in [0.05, 0.1) is 12.4 Å². The zero-order valence-electron chi connectivity index (χ0n) is 14.4. The minimum atomic E-state index is -1.14. The van der Waals surface area contributed by atoms with E-state index in [0.29, 0.717) is 5.69 Å². The van der Waals surface area contributed by atoms with Crippen LogP contribution in [0.5, 0.6) is 0 Å². The van der Waals surface area contributed by atoms with Gasteiger partial charge in [-0.2, -0.15) is 0 Å². The molecule has 5 N–H and O–H groups in total. The van der Waals surface area contributed by atoms with Crippen LogP contribution in [0.25, 0.3) is 0 Å². The Morgan fingerprint density at radius 2 is 2.12 bits per heavy atom. The molecule has 3 atom stereocenters. The molecule has 0 bridgehead atoms. The normalized spacial score (nSPS) is 19.4. The summed E-state index contributed by atoms with van der Waals surface area (Å²) in [4.78, 5) is 42.9. The molecule has 1 aromatic rings. The van der Waals surface area contributed by atoms with Gasteiger partial charge in [-0.1, -0.05) is 13.8 Å². The molecule has 0 radical (unpaired) electrons. The highest BCUT2D eigenvalue weighted by molar-refractivity contribution is 5.92. The number of carbonyl (C=O) groups is 3. The number of carboxylic acid groups (broad SMARTS) is 1. The topological polar surface area (TPSA) is 136 Å². The summed E-state index contributed by atoms with van der Waals surface area (Å²) in [7, 11) is 0. The van der Waals surface area contributed by atoms with Crippen molar-refractivity contribution in [2.24, 2.45) is 5.92 Å². The molecule has 1 fully saturated rings. The Balaban J connectivity index is 1.99. The van der Waals surface area contributed by atoms with Gasteiger partial charge in [0.1, 0.15) is 12.1 Å². The number of rotatable bonds is 8. The van der Waals surface area contributed by atoms with E-state index < -0.39 is 24.0 Å². The first-order valence-electron chi connectivity index (χ1n) is 8.42. The van der Waals surface area contributed by atoms with Gasteiger partial charge in [-0.25, -0.2) is 9.78 Å². The number of hydrogen-bond acceptors (Lipinski definition) is 5. The fourth-order valence-corrected chi connectivity index (χ4v) is 2.77. The van der Waals surface area contributed by atoms with Crippen molar-refractivity contribution in [1.29, 1.82) is 0 Å². The Hall–Kier alpha value is -2.42. The third-order valence-corrected chi connectivity index (χ3v) is 4.22. The van der Waals surface area contributed by atoms with E-state index in [1.807, 2.05) is 0 Å². The summed E-state index contributed by atoms with van der Waals surface area (Å²) in [6, 6.07) is -2.19. The Kier molecular flexibility index (Phi) is 6.51. The van der Waals surface area contributed by atoms with E-state index in [4.69, 9.17) is 0 Å². The zero-order valence-corrected chi connectivity index (χ0v) is 14.4. The van der Waals surface area contributed by atoms with Gasteiger partial charge in [0.25, 0.3) is 0 Å². The number of H-pyrrole nitrogens is 1. The molecule has 2 heterocycles. The second-order valence-electron chi connectivity index (χ2n) is 6.56. The second-order valence-corrected chi connectivity index (χ2v) is 6.56. The van der Waals surface area contributed by atoms with Crippen molar-refractivity contribution in [2.45, 2.75) is 51.2 Å². The lowest BCUT2D eigenvalue weighted by Gasteiger charge is -2.25. The predicted octanol–water partition coefficient (Wildman–Crippen LogP) is -0.586. The first kappa shape index (κ1) is 18.9. The van der Waals surface area contributed by atoms with Crippen LogP contribution in [0, 0.1) is 5.92 Å². The number of hydrogen-bond donors (Lipinski definition) is 5. The highest BCUT2D eigenvalue weighted by Gasteiger charge is 2.31. The van der Waals surface area contributed by atoms with Gasteiger partial charge in [-0.05, 0) is 25.3 Å². The summed E-state index contributed by atoms with van der Waals surface area (Å²) >= 11 is 0. The van der Waals surface area contributed by atoms with Crippen LogP contribution in [0.15, 0.2) is 12.5 Å². The molecular weight excluding hydrogens is 326 g/mol. The number of carboxylic acids is 1. The number of aliphatic carboxylic acids is 1. The maximum Gasteiger partial charge on any atom is 0.326 e. The van der Waals surface area contributed by atoms with Gasteiger partial charge in [0, 0.05) is 18.3 Å². The van der Waals surface area contributed by atoms with Crippen LogP contribution in [-0.4, -0.2) is 57.5 Å². The number of carbonyl (C=O) groups excluding carboxylic acids is 2. The van der Waals surface area contributed by atoms with Gasteiger partial charge in [-0.15, -0.1) is 0 Å². The summed E-state index contributed by atoms with van der Waals surface area (Å²) in [5.41, 5.74) is 0.605. The van der Waals surface area contributed by atoms with Crippen LogP contribution in [0.3, 0.4) is 0 Å². The Labute approximate surface area is 146 Å². The number of aromatic nitrogens is 2. The van der Waals surface area contributed by atoms with Crippen molar-refractivity contribution in [3.8, 4) is 0 Å². The van der Waals surface area contributed by atoms with Crippen LogP contribution in [-0.2, 0) is 20.8 Å². The van der Waals surface area contributed by atoms with Gasteiger partial charge in [0.2, 0.25) is 11.8 Å². The quantitative estimate of drug-likeness (QED) is 0.425. The highest BCUT2D eigenvalue weighted by atomic mass is 16.4. The van der Waals surface area contributed by atoms with E-state index >= 15 is 0 Å². The van der Waals surface area contributed by atoms with Crippen LogP contribution >= 0.6 is 0 Å². The molecule has 1 aromatic heterocycles. The molecule has 9 heteroatoms. The van der Waals surface area contributed by atoms with Crippen LogP contribution in [0.2, 0.25) is 0 Å². The third kappa shape index (κ3) is 5.28. The number of nitrogens with one attached hydrogen (secondary N) is 4. The van der Waals surface area contributed by atoms with Crippen LogP contribution < -0.4 is 16.0 Å². The lowest BCUT2D eigenvalue weighted by atomic mass is 10.0. The molecule has 0 aliphatic carbocycles. The summed E-state index contributed by atoms with van der Waals surface area (Å²) in [5, 5.41) is 17.7. The van der Waals surface area contributed by atoms with E-state index in [1.165, 1.54) is 12.5 Å². The first-order valence-corrected chi connectivity index (χ1v) is 8.42. The third-order valence-electron chi connectivity index (χ3n) is 4.22. The molecule has 25 heavy (non-hydrogen) atoms. The molecular formula is C16H25N5O4. The Morgan fingerprint density at radius 1 is 1.36 bits per heavy atom. The molecule has 0 aromatic carbocycles. The lowest BCUT2D eigenvalue weighted by Crippen LogP contribution is -2.56. The monoisotopic (exact) mass is 351 g/mol. The standard InChI is InChI=1S/C16H25N5O4/c1-9(2)13(21-14(22)11-4-3-5-18-11)15(23)20-12(16(24)25)6-10-7-17-8-19-10/h7-9,11-13,18H,3-6H2,1-2H3,(H,17,19)(H,20,23)(H,21,22)(H,24,25)/t11-,12-,13-/m0/s1. The van der Waals surface area contributed by atoms with Gasteiger partial charge < -0.3 is 26.0 Å². The van der Waals surface area contributed by atoms with E-state index in [0.717, 1.165) is 19.4 Å². The molecule has 2 rings (SSSR count). The van der Waals surface area contributed by atoms with Crippen LogP contribution in [0.4, 0.5) is 0 Å². The number of imidazole rings is 1. The summed E-state index contributed by atoms with van der Waals surface area (Å²) in [6.07, 6.45) is 4.69. The average molecular weight is 351 g/mol. The number of aromatic amines is 1. The van der Waals surface area contributed by atoms with Gasteiger partial charge in [-0.3, -0.25) is 9.59 Å². The molecule has 138 valence electrons. The molecule has 9 nitrogen and oxygen atoms in total. The largest absolute Gasteiger partial charge is 0.480 e. The van der Waals surface area contributed by atoms with Crippen molar-refractivity contribution in [2.75, 3.05) is 6.54 Å². The molecule has 0 unspecified atom stereocenters. The zero-order chi connectivity index (χ0) is 18.4. The molecule has 0 saturated carbocycles. The minimum absolute atomic E-state index is 0.0873. The maximum atomic E-state index is 12.5. The van der Waals surface area contributed by atoms with E-state index in [2.05, 4.69) is 25.9 Å². The average Bonchev–Trinajstić information content (AvgIpc) is 3.24. The van der Waals surface area contributed by atoms with Gasteiger partial charge >= 0.3 is 5.97 Å². The summed E-state index contributed by atoms with van der Waals surface area (Å²) in [6.45, 7) is 4.39. The number of nitrogens with zero attached hydrogens (tertiary/aromatic N) is 1. The van der Waals surface area contributed by atoms with Crippen LogP contribution in [0.1, 0.15) is 32.4 Å². The van der Waals surface area contributed by atoms with E-state index in [9.17, 15) is 19.5 Å². The van der Waals surface area contributed by atoms with Crippen molar-refractivity contribution in [3.63, 3.8) is 0 Å². The fraction of sp³-hybridized carbons (Fsp3) is 0.625. The molecule has 1 saturated heterocycles. The van der Waals surface area contributed by atoms with Crippen molar-refractivity contribution >= 4 is 17.8 Å². The van der Waals surface area contributed by atoms with E-state index in [1.54, 1.807) is 13.8 Å². The predicted molar refractivity (Wildman–Crippen MR) is 89.7 cm³/mol. The molecule has 0 spiro atoms. The second kappa shape index (κ2) is 8.61. The van der Waals surface area contributed by atoms with E-state index in [-0.39, 0.29) is 24.3 Å². The number of amides is 2. The SMILES string of the molecule is CC(C)[C@H](NC(=O)[C@@H]1CCCN1)C(=O)N[C@@H](Cc1cnc[nH]1)C(=O)O. The minimum Gasteiger partial charge on any atom is -0.480 e. The summed E-state index contributed by atoms with van der Waals surface area (Å²) in [5.74, 6) is -2.05. The Bertz CT molecular complexity index is 596. The molecule has 1 aliphatic heterocycles. The van der Waals surface area contributed by atoms with Gasteiger partial charge in [0.15, 0.2) is 0 Å². The fourth-order valence-electron chi connectivity index (χ4n) is 2.77. The Morgan fingerprint density at radius 3 is 2.64 bits per heavy atom. The summed E-state index contributed by atoms with van der Waals surface area (Å²) < 4.78 is 0. The van der Waals surface area contributed by atoms with Crippen molar-refractivity contribution in [1.82, 2.24) is 25.9 Å². The molecule has 2 amide bonds. The van der Waals surface area contributed by atoms with Crippen molar-refractivity contribution in [3.05, 3.63) is 18.2 Å². The smallest absolute Gasteiger partial charge is 0.326 e. The first-order chi connectivity index (χ1) is 11.9.